The molecule has 0 bridgehead atoms. The molecule has 2 aromatic heterocycles. The number of nitrogens with zero attached hydrogens (tertiary/aromatic N) is 3. The monoisotopic (exact) mass is 929 g/mol. The van der Waals surface area contributed by atoms with Gasteiger partial charge in [-0.05, 0) is 146 Å². The number of para-hydroxylation sites is 2. The van der Waals surface area contributed by atoms with E-state index in [2.05, 4.69) is 86.0 Å². The second kappa shape index (κ2) is 16.4. The molecular formula is C61H41F6N3. The lowest BCUT2D eigenvalue weighted by molar-refractivity contribution is -0.142. The molecule has 0 spiro atoms. The van der Waals surface area contributed by atoms with E-state index in [1.54, 1.807) is 24.3 Å². The predicted molar refractivity (Wildman–Crippen MR) is 271 cm³/mol. The number of alkyl halides is 6. The third kappa shape index (κ3) is 7.30. The van der Waals surface area contributed by atoms with E-state index < -0.39 is 29.0 Å². The molecule has 0 aliphatic carbocycles. The number of nitriles is 1. The zero-order valence-electron chi connectivity index (χ0n) is 38.4. The maximum atomic E-state index is 15.0. The van der Waals surface area contributed by atoms with Crippen LogP contribution in [0.2, 0.25) is 0 Å². The van der Waals surface area contributed by atoms with Crippen LogP contribution in [0.3, 0.4) is 0 Å². The van der Waals surface area contributed by atoms with Gasteiger partial charge in [0.2, 0.25) is 0 Å². The fraction of sp³-hybridized carbons (Fsp3) is 0.0984. The van der Waals surface area contributed by atoms with E-state index in [9.17, 15) is 31.6 Å². The van der Waals surface area contributed by atoms with Crippen molar-refractivity contribution in [3.63, 3.8) is 0 Å². The van der Waals surface area contributed by atoms with Crippen LogP contribution in [0.25, 0.3) is 99.5 Å². The lowest BCUT2D eigenvalue weighted by atomic mass is 9.90. The first kappa shape index (κ1) is 44.2. The largest absolute Gasteiger partial charge is 0.417 e. The Balaban J connectivity index is 1.25. The van der Waals surface area contributed by atoms with Crippen LogP contribution in [-0.4, -0.2) is 9.13 Å². The van der Waals surface area contributed by atoms with Gasteiger partial charge in [-0.1, -0.05) is 108 Å². The highest BCUT2D eigenvalue weighted by atomic mass is 19.4. The number of benzene rings is 9. The lowest BCUT2D eigenvalue weighted by Crippen LogP contribution is -2.14. The minimum atomic E-state index is -5.12. The van der Waals surface area contributed by atoms with Crippen LogP contribution < -0.4 is 0 Å². The average Bonchev–Trinajstić information content (AvgIpc) is 3.85. The van der Waals surface area contributed by atoms with Crippen molar-refractivity contribution < 1.29 is 26.3 Å². The van der Waals surface area contributed by atoms with Crippen molar-refractivity contribution >= 4 is 43.6 Å². The highest BCUT2D eigenvalue weighted by molar-refractivity contribution is 6.13. The summed E-state index contributed by atoms with van der Waals surface area (Å²) in [6.07, 6.45) is -10.2. The van der Waals surface area contributed by atoms with E-state index in [-0.39, 0.29) is 11.1 Å². The molecule has 0 radical (unpaired) electrons. The van der Waals surface area contributed by atoms with Crippen LogP contribution in [0.5, 0.6) is 0 Å². The molecule has 0 amide bonds. The number of rotatable bonds is 6. The normalized spacial score (nSPS) is 12.1. The summed E-state index contributed by atoms with van der Waals surface area (Å²) in [5.74, 6) is 0. The lowest BCUT2D eigenvalue weighted by Gasteiger charge is -2.22. The average molecular weight is 930 g/mol. The first-order valence-electron chi connectivity index (χ1n) is 22.8. The van der Waals surface area contributed by atoms with Gasteiger partial charge in [0.25, 0.3) is 0 Å². The Bertz CT molecular complexity index is 3960. The molecule has 0 N–H and O–H groups in total. The van der Waals surface area contributed by atoms with Crippen molar-refractivity contribution in [1.82, 2.24) is 9.13 Å². The van der Waals surface area contributed by atoms with E-state index in [1.165, 1.54) is 12.1 Å². The number of fused-ring (bicyclic) bond motifs is 6. The summed E-state index contributed by atoms with van der Waals surface area (Å²) in [5.41, 5.74) is 9.77. The maximum Gasteiger partial charge on any atom is 0.417 e. The summed E-state index contributed by atoms with van der Waals surface area (Å²) >= 11 is 0. The van der Waals surface area contributed by atoms with Crippen molar-refractivity contribution in [3.8, 4) is 62.0 Å². The van der Waals surface area contributed by atoms with E-state index in [0.29, 0.717) is 34.6 Å². The number of hydrogen-bond acceptors (Lipinski definition) is 1. The zero-order valence-corrected chi connectivity index (χ0v) is 38.4. The van der Waals surface area contributed by atoms with Gasteiger partial charge in [-0.25, -0.2) is 0 Å². The summed E-state index contributed by atoms with van der Waals surface area (Å²) in [5, 5.41) is 14.2. The molecule has 9 aromatic carbocycles. The maximum absolute atomic E-state index is 15.0. The fourth-order valence-corrected chi connectivity index (χ4v) is 10.5. The van der Waals surface area contributed by atoms with Crippen molar-refractivity contribution in [3.05, 3.63) is 215 Å². The number of hydrogen-bond donors (Lipinski definition) is 0. The second-order valence-corrected chi connectivity index (χ2v) is 18.1. The highest BCUT2D eigenvalue weighted by Crippen LogP contribution is 2.48. The summed E-state index contributed by atoms with van der Waals surface area (Å²) in [4.78, 5) is 0. The molecule has 0 aliphatic rings. The van der Waals surface area contributed by atoms with E-state index in [4.69, 9.17) is 0 Å². The van der Waals surface area contributed by atoms with Crippen LogP contribution >= 0.6 is 0 Å². The van der Waals surface area contributed by atoms with E-state index in [1.807, 2.05) is 78.2 Å². The minimum absolute atomic E-state index is 0.250. The van der Waals surface area contributed by atoms with E-state index >= 15 is 0 Å². The highest BCUT2D eigenvalue weighted by Gasteiger charge is 2.41. The van der Waals surface area contributed by atoms with Gasteiger partial charge in [0.15, 0.2) is 0 Å². The smallest absolute Gasteiger partial charge is 0.309 e. The molecular weight excluding hydrogens is 889 g/mol. The molecule has 11 rings (SSSR count). The minimum Gasteiger partial charge on any atom is -0.309 e. The quantitative estimate of drug-likeness (QED) is 0.153. The van der Waals surface area contributed by atoms with Crippen molar-refractivity contribution in [2.45, 2.75) is 40.0 Å². The zero-order chi connectivity index (χ0) is 48.8. The fourth-order valence-electron chi connectivity index (χ4n) is 10.5. The molecule has 9 heteroatoms. The third-order valence-electron chi connectivity index (χ3n) is 13.6. The molecule has 0 fully saturated rings. The SMILES string of the molecule is Cc1ccc(-c2ccc3c(c2)c2ccccc2n3-c2ccc(C#N)cc2-c2cc(-c3c(C(F)(F)F)cccc3C(F)(F)F)ccc2-n2c3ccccc3c3cc(-c4ccc(C)cc4C)ccc32)c(C)c1. The van der Waals surface area contributed by atoms with Crippen molar-refractivity contribution in [2.75, 3.05) is 0 Å². The van der Waals surface area contributed by atoms with Crippen LogP contribution in [-0.2, 0) is 12.4 Å². The van der Waals surface area contributed by atoms with Gasteiger partial charge in [0.05, 0.1) is 56.2 Å². The Labute approximate surface area is 399 Å². The molecule has 11 aromatic rings. The first-order chi connectivity index (χ1) is 33.6. The first-order valence-corrected chi connectivity index (χ1v) is 22.8. The second-order valence-electron chi connectivity index (χ2n) is 18.1. The summed E-state index contributed by atoms with van der Waals surface area (Å²) in [6.45, 7) is 8.25. The summed E-state index contributed by atoms with van der Waals surface area (Å²) in [6, 6.07) is 54.7. The number of aromatic nitrogens is 2. The van der Waals surface area contributed by atoms with Crippen molar-refractivity contribution in [1.29, 1.82) is 5.26 Å². The van der Waals surface area contributed by atoms with Gasteiger partial charge >= 0.3 is 12.4 Å². The topological polar surface area (TPSA) is 33.6 Å². The van der Waals surface area contributed by atoms with Gasteiger partial charge < -0.3 is 9.13 Å². The van der Waals surface area contributed by atoms with Crippen LogP contribution in [0.4, 0.5) is 26.3 Å². The molecule has 342 valence electrons. The van der Waals surface area contributed by atoms with E-state index in [0.717, 1.165) is 94.2 Å². The molecule has 3 nitrogen and oxygen atoms in total. The predicted octanol–water partition coefficient (Wildman–Crippen LogP) is 17.7. The molecule has 0 atom stereocenters. The Morgan fingerprint density at radius 3 is 1.30 bits per heavy atom. The number of aryl methyl sites for hydroxylation is 4. The van der Waals surface area contributed by atoms with Crippen LogP contribution in [0, 0.1) is 39.0 Å². The molecule has 70 heavy (non-hydrogen) atoms. The molecule has 0 saturated carbocycles. The van der Waals surface area contributed by atoms with Gasteiger partial charge in [0.1, 0.15) is 0 Å². The number of halogens is 6. The van der Waals surface area contributed by atoms with Crippen molar-refractivity contribution in [2.24, 2.45) is 0 Å². The van der Waals surface area contributed by atoms with Gasteiger partial charge in [-0.15, -0.1) is 0 Å². The van der Waals surface area contributed by atoms with Crippen LogP contribution in [0.1, 0.15) is 38.9 Å². The van der Waals surface area contributed by atoms with Gasteiger partial charge in [-0.3, -0.25) is 0 Å². The molecule has 0 aliphatic heterocycles. The Kier molecular flexibility index (Phi) is 10.4. The Morgan fingerprint density at radius 2 is 0.829 bits per heavy atom. The third-order valence-corrected chi connectivity index (χ3v) is 13.6. The summed E-state index contributed by atoms with van der Waals surface area (Å²) < 4.78 is 94.0. The molecule has 2 heterocycles. The van der Waals surface area contributed by atoms with Gasteiger partial charge in [0, 0.05) is 38.2 Å². The standard InChI is InChI=1S/C61H41F6N3/c1-35-16-22-43(37(3)28-35)40-19-25-56-48(31-40)45-10-5-7-14-53(45)69(56)55-24-18-39(34-68)30-47(55)50-33-42(59-51(60(62,63)64)12-9-13-52(59)61(65,66)67)21-27-58(50)70-54-15-8-6-11-46(54)49-32-41(20-26-57(49)70)44-23-17-36(2)29-38(44)4/h5-33H,1-4H3. The molecule has 0 saturated heterocycles. The molecule has 0 unspecified atom stereocenters. The Hall–Kier alpha value is -8.35. The summed E-state index contributed by atoms with van der Waals surface area (Å²) in [7, 11) is 0. The van der Waals surface area contributed by atoms with Gasteiger partial charge in [-0.2, -0.15) is 31.6 Å². The Morgan fingerprint density at radius 1 is 0.386 bits per heavy atom. The van der Waals surface area contributed by atoms with Crippen LogP contribution in [0.15, 0.2) is 176 Å².